The van der Waals surface area contributed by atoms with Gasteiger partial charge in [0.1, 0.15) is 0 Å². The molecule has 1 unspecified atom stereocenters. The Morgan fingerprint density at radius 2 is 1.62 bits per heavy atom. The summed E-state index contributed by atoms with van der Waals surface area (Å²) in [6.45, 7) is 1.41. The number of nitrogens with one attached hydrogen (secondary N) is 1. The normalized spacial score (nSPS) is 12.8. The smallest absolute Gasteiger partial charge is 0.241 e. The molecule has 21 heavy (non-hydrogen) atoms. The van der Waals surface area contributed by atoms with Crippen LogP contribution in [0.5, 0.6) is 0 Å². The van der Waals surface area contributed by atoms with E-state index in [4.69, 9.17) is 5.73 Å². The van der Waals surface area contributed by atoms with Gasteiger partial charge < -0.3 is 5.73 Å². The molecule has 2 aromatic carbocycles. The second kappa shape index (κ2) is 6.07. The van der Waals surface area contributed by atoms with E-state index in [0.717, 1.165) is 5.56 Å². The van der Waals surface area contributed by atoms with Crippen molar-refractivity contribution in [1.29, 1.82) is 0 Å². The molecule has 0 aliphatic carbocycles. The van der Waals surface area contributed by atoms with E-state index >= 15 is 0 Å². The fourth-order valence-electron chi connectivity index (χ4n) is 1.91. The van der Waals surface area contributed by atoms with E-state index < -0.39 is 22.0 Å². The van der Waals surface area contributed by atoms with Gasteiger partial charge in [-0.2, -0.15) is 4.72 Å². The van der Waals surface area contributed by atoms with Crippen molar-refractivity contribution in [1.82, 2.24) is 4.72 Å². The van der Waals surface area contributed by atoms with E-state index in [1.54, 1.807) is 18.2 Å². The summed E-state index contributed by atoms with van der Waals surface area (Å²) < 4.78 is 27.1. The Balaban J connectivity index is 2.48. The molecule has 0 heterocycles. The molecule has 0 saturated heterocycles. The maximum absolute atomic E-state index is 12.4. The first-order chi connectivity index (χ1) is 9.92. The van der Waals surface area contributed by atoms with Crippen LogP contribution < -0.4 is 10.5 Å². The number of hydrogen-bond acceptors (Lipinski definition) is 3. The zero-order valence-corrected chi connectivity index (χ0v) is 12.3. The third-order valence-electron chi connectivity index (χ3n) is 3.02. The fraction of sp³-hybridized carbons (Fsp3) is 0.133. The summed E-state index contributed by atoms with van der Waals surface area (Å²) in [4.78, 5) is 11.2. The Bertz CT molecular complexity index is 743. The molecule has 0 aliphatic heterocycles. The summed E-state index contributed by atoms with van der Waals surface area (Å²) in [7, 11) is -3.83. The van der Waals surface area contributed by atoms with Crippen molar-refractivity contribution in [3.05, 3.63) is 54.6 Å². The number of hydrogen-bond donors (Lipinski definition) is 2. The predicted octanol–water partition coefficient (Wildman–Crippen LogP) is 1.51. The van der Waals surface area contributed by atoms with Gasteiger partial charge in [0.05, 0.1) is 10.9 Å². The van der Waals surface area contributed by atoms with Crippen molar-refractivity contribution >= 4 is 15.9 Å². The zero-order chi connectivity index (χ0) is 15.5. The number of sulfonamides is 1. The van der Waals surface area contributed by atoms with Crippen molar-refractivity contribution in [3.8, 4) is 11.1 Å². The van der Waals surface area contributed by atoms with E-state index in [1.165, 1.54) is 13.0 Å². The molecule has 0 spiro atoms. The number of nitrogens with two attached hydrogens (primary N) is 1. The van der Waals surface area contributed by atoms with Crippen LogP contribution in [-0.2, 0) is 14.8 Å². The summed E-state index contributed by atoms with van der Waals surface area (Å²) in [6, 6.07) is 14.8. The molecule has 5 nitrogen and oxygen atoms in total. The molecule has 2 aromatic rings. The van der Waals surface area contributed by atoms with E-state index in [0.29, 0.717) is 5.56 Å². The summed E-state index contributed by atoms with van der Waals surface area (Å²) in [5, 5.41) is 0. The lowest BCUT2D eigenvalue weighted by atomic mass is 10.1. The lowest BCUT2D eigenvalue weighted by Gasteiger charge is -2.14. The second-order valence-electron chi connectivity index (χ2n) is 4.61. The monoisotopic (exact) mass is 304 g/mol. The van der Waals surface area contributed by atoms with E-state index in [9.17, 15) is 13.2 Å². The van der Waals surface area contributed by atoms with Gasteiger partial charge in [0, 0.05) is 5.56 Å². The van der Waals surface area contributed by atoms with Gasteiger partial charge in [-0.25, -0.2) is 8.42 Å². The van der Waals surface area contributed by atoms with Crippen molar-refractivity contribution in [2.45, 2.75) is 17.9 Å². The second-order valence-corrected chi connectivity index (χ2v) is 6.29. The molecule has 3 N–H and O–H groups in total. The topological polar surface area (TPSA) is 89.3 Å². The molecule has 2 rings (SSSR count). The van der Waals surface area contributed by atoms with Gasteiger partial charge in [-0.05, 0) is 18.6 Å². The van der Waals surface area contributed by atoms with E-state index in [1.807, 2.05) is 30.3 Å². The summed E-state index contributed by atoms with van der Waals surface area (Å²) in [5.74, 6) is -0.726. The Hall–Kier alpha value is -2.18. The largest absolute Gasteiger partial charge is 0.368 e. The first-order valence-corrected chi connectivity index (χ1v) is 7.86. The van der Waals surface area contributed by atoms with Crippen LogP contribution >= 0.6 is 0 Å². The molecule has 0 fully saturated rings. The van der Waals surface area contributed by atoms with Crippen LogP contribution in [0.4, 0.5) is 0 Å². The number of rotatable bonds is 5. The predicted molar refractivity (Wildman–Crippen MR) is 80.9 cm³/mol. The Morgan fingerprint density at radius 3 is 2.24 bits per heavy atom. The molecule has 0 radical (unpaired) electrons. The minimum Gasteiger partial charge on any atom is -0.368 e. The Morgan fingerprint density at radius 1 is 1.05 bits per heavy atom. The van der Waals surface area contributed by atoms with Gasteiger partial charge in [-0.1, -0.05) is 48.5 Å². The van der Waals surface area contributed by atoms with Gasteiger partial charge in [-0.15, -0.1) is 0 Å². The van der Waals surface area contributed by atoms with Gasteiger partial charge in [0.25, 0.3) is 0 Å². The third kappa shape index (κ3) is 3.48. The summed E-state index contributed by atoms with van der Waals surface area (Å²) >= 11 is 0. The molecule has 110 valence electrons. The molecule has 0 bridgehead atoms. The lowest BCUT2D eigenvalue weighted by molar-refractivity contribution is -0.119. The first kappa shape index (κ1) is 15.2. The van der Waals surface area contributed by atoms with Gasteiger partial charge in [0.2, 0.25) is 15.9 Å². The lowest BCUT2D eigenvalue weighted by Crippen LogP contribution is -2.42. The number of carbonyl (C=O) groups excluding carboxylic acids is 1. The maximum atomic E-state index is 12.4. The SMILES string of the molecule is CC(NS(=O)(=O)c1ccccc1-c1ccccc1)C(N)=O. The minimum atomic E-state index is -3.83. The highest BCUT2D eigenvalue weighted by atomic mass is 32.2. The summed E-state index contributed by atoms with van der Waals surface area (Å²) in [6.07, 6.45) is 0. The van der Waals surface area contributed by atoms with Crippen molar-refractivity contribution in [3.63, 3.8) is 0 Å². The average molecular weight is 304 g/mol. The number of carbonyl (C=O) groups is 1. The highest BCUT2D eigenvalue weighted by molar-refractivity contribution is 7.89. The van der Waals surface area contributed by atoms with Gasteiger partial charge >= 0.3 is 0 Å². The number of benzene rings is 2. The Labute approximate surface area is 123 Å². The standard InChI is InChI=1S/C15H16N2O3S/c1-11(15(16)18)17-21(19,20)14-10-6-5-9-13(14)12-7-3-2-4-8-12/h2-11,17H,1H3,(H2,16,18). The van der Waals surface area contributed by atoms with Gasteiger partial charge in [0.15, 0.2) is 0 Å². The highest BCUT2D eigenvalue weighted by Gasteiger charge is 2.23. The van der Waals surface area contributed by atoms with Crippen molar-refractivity contribution in [2.24, 2.45) is 5.73 Å². The van der Waals surface area contributed by atoms with Crippen LogP contribution in [0.1, 0.15) is 6.92 Å². The van der Waals surface area contributed by atoms with Crippen LogP contribution in [0.25, 0.3) is 11.1 Å². The third-order valence-corrected chi connectivity index (χ3v) is 4.62. The quantitative estimate of drug-likeness (QED) is 0.877. The molecule has 1 atom stereocenters. The molecule has 0 saturated carbocycles. The van der Waals surface area contributed by atoms with Crippen molar-refractivity contribution < 1.29 is 13.2 Å². The number of primary amides is 1. The van der Waals surface area contributed by atoms with E-state index in [2.05, 4.69) is 4.72 Å². The van der Waals surface area contributed by atoms with Crippen LogP contribution in [0.2, 0.25) is 0 Å². The minimum absolute atomic E-state index is 0.115. The Kier molecular flexibility index (Phi) is 4.40. The fourth-order valence-corrected chi connectivity index (χ4v) is 3.35. The molecule has 0 aliphatic rings. The molecule has 6 heteroatoms. The van der Waals surface area contributed by atoms with Crippen LogP contribution in [-0.4, -0.2) is 20.4 Å². The highest BCUT2D eigenvalue weighted by Crippen LogP contribution is 2.26. The molecular formula is C15H16N2O3S. The van der Waals surface area contributed by atoms with Crippen LogP contribution in [0.3, 0.4) is 0 Å². The number of amides is 1. The zero-order valence-electron chi connectivity index (χ0n) is 11.5. The first-order valence-electron chi connectivity index (χ1n) is 6.38. The average Bonchev–Trinajstić information content (AvgIpc) is 2.47. The molecule has 1 amide bonds. The van der Waals surface area contributed by atoms with Crippen LogP contribution in [0, 0.1) is 0 Å². The molecular weight excluding hydrogens is 288 g/mol. The summed E-state index contributed by atoms with van der Waals surface area (Å²) in [5.41, 5.74) is 6.46. The van der Waals surface area contributed by atoms with Crippen LogP contribution in [0.15, 0.2) is 59.5 Å². The van der Waals surface area contributed by atoms with Crippen molar-refractivity contribution in [2.75, 3.05) is 0 Å². The van der Waals surface area contributed by atoms with Gasteiger partial charge in [-0.3, -0.25) is 4.79 Å². The molecule has 0 aromatic heterocycles. The van der Waals surface area contributed by atoms with E-state index in [-0.39, 0.29) is 4.90 Å². The maximum Gasteiger partial charge on any atom is 0.241 e.